The highest BCUT2D eigenvalue weighted by molar-refractivity contribution is 7.89. The molecule has 1 aliphatic rings. The molecule has 20 heavy (non-hydrogen) atoms. The highest BCUT2D eigenvalue weighted by atomic mass is 32.2. The molecule has 1 fully saturated rings. The Balaban J connectivity index is 2.53. The van der Waals surface area contributed by atoms with Gasteiger partial charge in [-0.25, -0.2) is 8.42 Å². The van der Waals surface area contributed by atoms with Gasteiger partial charge in [-0.05, 0) is 18.4 Å². The second-order valence-electron chi connectivity index (χ2n) is 5.14. The SMILES string of the molecule is Cc1cccc([N+](=O)[O-])c1S(=O)(=O)N1CC(C)C(N)C1. The first-order valence-electron chi connectivity index (χ1n) is 6.25. The normalized spacial score (nSPS) is 23.9. The molecule has 0 aromatic heterocycles. The minimum atomic E-state index is -3.90. The van der Waals surface area contributed by atoms with Gasteiger partial charge in [0.15, 0.2) is 4.90 Å². The highest BCUT2D eigenvalue weighted by Gasteiger charge is 2.39. The first kappa shape index (κ1) is 14.9. The third-order valence-electron chi connectivity index (χ3n) is 3.62. The van der Waals surface area contributed by atoms with Crippen LogP contribution in [0.3, 0.4) is 0 Å². The smallest absolute Gasteiger partial charge is 0.289 e. The van der Waals surface area contributed by atoms with Crippen molar-refractivity contribution < 1.29 is 13.3 Å². The Labute approximate surface area is 117 Å². The molecule has 1 aromatic rings. The van der Waals surface area contributed by atoms with Crippen LogP contribution in [0.1, 0.15) is 12.5 Å². The molecule has 2 atom stereocenters. The highest BCUT2D eigenvalue weighted by Crippen LogP contribution is 2.32. The molecule has 0 spiro atoms. The maximum absolute atomic E-state index is 12.6. The minimum absolute atomic E-state index is 0.0350. The van der Waals surface area contributed by atoms with Crippen LogP contribution in [-0.2, 0) is 10.0 Å². The van der Waals surface area contributed by atoms with Crippen molar-refractivity contribution in [2.24, 2.45) is 11.7 Å². The summed E-state index contributed by atoms with van der Waals surface area (Å²) in [6.45, 7) is 3.90. The topological polar surface area (TPSA) is 107 Å². The molecule has 1 aromatic carbocycles. The molecule has 1 heterocycles. The van der Waals surface area contributed by atoms with E-state index in [1.54, 1.807) is 13.0 Å². The van der Waals surface area contributed by atoms with E-state index in [9.17, 15) is 18.5 Å². The van der Waals surface area contributed by atoms with E-state index in [0.29, 0.717) is 5.56 Å². The van der Waals surface area contributed by atoms with Crippen molar-refractivity contribution in [3.8, 4) is 0 Å². The lowest BCUT2D eigenvalue weighted by Crippen LogP contribution is -2.33. The zero-order valence-electron chi connectivity index (χ0n) is 11.3. The Morgan fingerprint density at radius 1 is 1.40 bits per heavy atom. The first-order valence-corrected chi connectivity index (χ1v) is 7.69. The van der Waals surface area contributed by atoms with E-state index in [1.807, 2.05) is 6.92 Å². The number of rotatable bonds is 3. The number of hydrogen-bond donors (Lipinski definition) is 1. The van der Waals surface area contributed by atoms with Crippen LogP contribution < -0.4 is 5.73 Å². The van der Waals surface area contributed by atoms with Crippen molar-refractivity contribution in [3.63, 3.8) is 0 Å². The van der Waals surface area contributed by atoms with E-state index in [4.69, 9.17) is 5.73 Å². The van der Waals surface area contributed by atoms with Crippen molar-refractivity contribution in [2.45, 2.75) is 24.8 Å². The van der Waals surface area contributed by atoms with Gasteiger partial charge in [-0.1, -0.05) is 19.1 Å². The lowest BCUT2D eigenvalue weighted by atomic mass is 10.1. The largest absolute Gasteiger partial charge is 0.326 e. The summed E-state index contributed by atoms with van der Waals surface area (Å²) in [5.41, 5.74) is 5.82. The average Bonchev–Trinajstić information content (AvgIpc) is 2.69. The van der Waals surface area contributed by atoms with E-state index in [1.165, 1.54) is 16.4 Å². The summed E-state index contributed by atoms with van der Waals surface area (Å²) in [5, 5.41) is 11.1. The Hall–Kier alpha value is -1.51. The van der Waals surface area contributed by atoms with Crippen LogP contribution in [0.5, 0.6) is 0 Å². The van der Waals surface area contributed by atoms with Gasteiger partial charge in [-0.3, -0.25) is 10.1 Å². The lowest BCUT2D eigenvalue weighted by Gasteiger charge is -2.17. The molecule has 0 radical (unpaired) electrons. The van der Waals surface area contributed by atoms with Crippen molar-refractivity contribution in [2.75, 3.05) is 13.1 Å². The van der Waals surface area contributed by atoms with Gasteiger partial charge in [0.2, 0.25) is 10.0 Å². The van der Waals surface area contributed by atoms with Crippen molar-refractivity contribution >= 4 is 15.7 Å². The molecule has 1 aliphatic heterocycles. The molecule has 0 saturated carbocycles. The third kappa shape index (κ3) is 2.41. The molecule has 2 unspecified atom stereocenters. The van der Waals surface area contributed by atoms with Crippen LogP contribution in [0.2, 0.25) is 0 Å². The summed E-state index contributed by atoms with van der Waals surface area (Å²) in [6, 6.07) is 4.00. The van der Waals surface area contributed by atoms with Gasteiger partial charge in [-0.2, -0.15) is 4.31 Å². The van der Waals surface area contributed by atoms with Crippen LogP contribution in [-0.4, -0.2) is 36.8 Å². The second-order valence-corrected chi connectivity index (χ2v) is 7.02. The zero-order chi connectivity index (χ0) is 15.1. The van der Waals surface area contributed by atoms with Crippen LogP contribution >= 0.6 is 0 Å². The molecule has 110 valence electrons. The zero-order valence-corrected chi connectivity index (χ0v) is 12.1. The Bertz CT molecular complexity index is 634. The molecule has 0 aliphatic carbocycles. The summed E-state index contributed by atoms with van der Waals surface area (Å²) >= 11 is 0. The number of nitro groups is 1. The third-order valence-corrected chi connectivity index (χ3v) is 5.65. The molecule has 8 heteroatoms. The number of aryl methyl sites for hydroxylation is 1. The van der Waals surface area contributed by atoms with Crippen LogP contribution in [0.4, 0.5) is 5.69 Å². The maximum Gasteiger partial charge on any atom is 0.289 e. The summed E-state index contributed by atoms with van der Waals surface area (Å²) in [4.78, 5) is 10.2. The van der Waals surface area contributed by atoms with Gasteiger partial charge in [-0.15, -0.1) is 0 Å². The number of benzene rings is 1. The summed E-state index contributed by atoms with van der Waals surface area (Å²) in [6.07, 6.45) is 0. The lowest BCUT2D eigenvalue weighted by molar-refractivity contribution is -0.387. The predicted octanol–water partition coefficient (Wildman–Crippen LogP) is 0.871. The maximum atomic E-state index is 12.6. The monoisotopic (exact) mass is 299 g/mol. The predicted molar refractivity (Wildman–Crippen MR) is 73.7 cm³/mol. The van der Waals surface area contributed by atoms with Crippen LogP contribution in [0.25, 0.3) is 0 Å². The van der Waals surface area contributed by atoms with Crippen LogP contribution in [0.15, 0.2) is 23.1 Å². The summed E-state index contributed by atoms with van der Waals surface area (Å²) < 4.78 is 26.5. The molecule has 2 N–H and O–H groups in total. The minimum Gasteiger partial charge on any atom is -0.326 e. The summed E-state index contributed by atoms with van der Waals surface area (Å²) in [7, 11) is -3.90. The number of nitro benzene ring substituents is 1. The van der Waals surface area contributed by atoms with Crippen molar-refractivity contribution in [1.82, 2.24) is 4.31 Å². The van der Waals surface area contributed by atoms with Crippen molar-refractivity contribution in [3.05, 3.63) is 33.9 Å². The molecule has 7 nitrogen and oxygen atoms in total. The molecular formula is C12H17N3O4S. The van der Waals surface area contributed by atoms with Gasteiger partial charge >= 0.3 is 0 Å². The van der Waals surface area contributed by atoms with Gasteiger partial charge in [0.05, 0.1) is 4.92 Å². The van der Waals surface area contributed by atoms with E-state index >= 15 is 0 Å². The Morgan fingerprint density at radius 3 is 2.55 bits per heavy atom. The van der Waals surface area contributed by atoms with Crippen LogP contribution in [0, 0.1) is 23.0 Å². The standard InChI is InChI=1S/C12H17N3O4S/c1-8-4-3-5-11(15(16)17)12(8)20(18,19)14-6-9(2)10(13)7-14/h3-5,9-10H,6-7,13H2,1-2H3. The number of nitrogens with two attached hydrogens (primary N) is 1. The molecule has 0 amide bonds. The fourth-order valence-electron chi connectivity index (χ4n) is 2.39. The summed E-state index contributed by atoms with van der Waals surface area (Å²) in [5.74, 6) is 0.0350. The fourth-order valence-corrected chi connectivity index (χ4v) is 4.33. The van der Waals surface area contributed by atoms with E-state index in [-0.39, 0.29) is 29.9 Å². The van der Waals surface area contributed by atoms with Gasteiger partial charge in [0, 0.05) is 25.2 Å². The van der Waals surface area contributed by atoms with E-state index < -0.39 is 20.6 Å². The quantitative estimate of drug-likeness (QED) is 0.658. The Morgan fingerprint density at radius 2 is 2.05 bits per heavy atom. The number of sulfonamides is 1. The molecule has 2 rings (SSSR count). The number of nitrogens with zero attached hydrogens (tertiary/aromatic N) is 2. The average molecular weight is 299 g/mol. The van der Waals surface area contributed by atoms with Gasteiger partial charge in [0.1, 0.15) is 0 Å². The van der Waals surface area contributed by atoms with E-state index in [0.717, 1.165) is 0 Å². The van der Waals surface area contributed by atoms with Crippen molar-refractivity contribution in [1.29, 1.82) is 0 Å². The van der Waals surface area contributed by atoms with Gasteiger partial charge < -0.3 is 5.73 Å². The second kappa shape index (κ2) is 5.12. The number of hydrogen-bond acceptors (Lipinski definition) is 5. The van der Waals surface area contributed by atoms with E-state index in [2.05, 4.69) is 0 Å². The molecular weight excluding hydrogens is 282 g/mol. The van der Waals surface area contributed by atoms with Gasteiger partial charge in [0.25, 0.3) is 5.69 Å². The Kier molecular flexibility index (Phi) is 3.81. The fraction of sp³-hybridized carbons (Fsp3) is 0.500. The molecule has 1 saturated heterocycles. The molecule has 0 bridgehead atoms. The first-order chi connectivity index (χ1) is 9.25.